The number of nitriles is 1. The van der Waals surface area contributed by atoms with Crippen molar-refractivity contribution in [3.8, 4) is 6.07 Å². The van der Waals surface area contributed by atoms with E-state index < -0.39 is 0 Å². The second kappa shape index (κ2) is 5.69. The number of nitrogens with one attached hydrogen (secondary N) is 1. The Kier molecular flexibility index (Phi) is 3.53. The highest BCUT2D eigenvalue weighted by Gasteiger charge is 2.21. The lowest BCUT2D eigenvalue weighted by atomic mass is 10.0. The molecule has 23 heavy (non-hydrogen) atoms. The first-order chi connectivity index (χ1) is 11.2. The van der Waals surface area contributed by atoms with Crippen molar-refractivity contribution in [1.82, 2.24) is 14.9 Å². The first-order valence-corrected chi connectivity index (χ1v) is 7.97. The van der Waals surface area contributed by atoms with Gasteiger partial charge in [0, 0.05) is 43.3 Å². The van der Waals surface area contributed by atoms with E-state index in [4.69, 9.17) is 16.9 Å². The molecule has 0 amide bonds. The summed E-state index contributed by atoms with van der Waals surface area (Å²) in [4.78, 5) is 10.2. The molecule has 0 aliphatic carbocycles. The van der Waals surface area contributed by atoms with Crippen molar-refractivity contribution in [3.05, 3.63) is 63.9 Å². The fourth-order valence-electron chi connectivity index (χ4n) is 3.25. The number of pyridine rings is 1. The van der Waals surface area contributed by atoms with Crippen molar-refractivity contribution in [3.63, 3.8) is 0 Å². The van der Waals surface area contributed by atoms with Crippen LogP contribution < -0.4 is 0 Å². The smallest absolute Gasteiger partial charge is 0.137 e. The topological polar surface area (TPSA) is 55.7 Å². The number of fused-ring (bicyclic) bond motifs is 3. The maximum atomic E-state index is 9.03. The Balaban J connectivity index is 1.62. The Morgan fingerprint density at radius 1 is 1.35 bits per heavy atom. The lowest BCUT2D eigenvalue weighted by molar-refractivity contribution is 0.245. The van der Waals surface area contributed by atoms with Gasteiger partial charge in [0.15, 0.2) is 0 Å². The summed E-state index contributed by atoms with van der Waals surface area (Å²) in [5.74, 6) is 0. The summed E-state index contributed by atoms with van der Waals surface area (Å²) in [7, 11) is 0. The SMILES string of the molecule is N#Cc1cccc(CN2CCc3[nH]c4ncc(Cl)cc4c3C2)c1. The van der Waals surface area contributed by atoms with Crippen LogP contribution in [0.5, 0.6) is 0 Å². The van der Waals surface area contributed by atoms with Gasteiger partial charge in [0.05, 0.1) is 16.7 Å². The summed E-state index contributed by atoms with van der Waals surface area (Å²) in [5, 5.41) is 10.8. The molecule has 0 unspecified atom stereocenters. The Hall–Kier alpha value is -2.35. The summed E-state index contributed by atoms with van der Waals surface area (Å²) in [6.07, 6.45) is 2.65. The van der Waals surface area contributed by atoms with Gasteiger partial charge in [0.1, 0.15) is 5.65 Å². The molecular weight excluding hydrogens is 308 g/mol. The summed E-state index contributed by atoms with van der Waals surface area (Å²) in [6.45, 7) is 2.70. The first kappa shape index (κ1) is 14.3. The molecule has 0 saturated carbocycles. The normalized spacial score (nSPS) is 14.6. The Bertz CT molecular complexity index is 922. The van der Waals surface area contributed by atoms with Crippen LogP contribution in [-0.4, -0.2) is 21.4 Å². The Labute approximate surface area is 139 Å². The zero-order valence-corrected chi connectivity index (χ0v) is 13.3. The van der Waals surface area contributed by atoms with E-state index in [0.29, 0.717) is 10.6 Å². The van der Waals surface area contributed by atoms with Gasteiger partial charge in [-0.15, -0.1) is 0 Å². The fourth-order valence-corrected chi connectivity index (χ4v) is 3.41. The Morgan fingerprint density at radius 2 is 2.26 bits per heavy atom. The van der Waals surface area contributed by atoms with Crippen LogP contribution in [-0.2, 0) is 19.5 Å². The number of aromatic amines is 1. The highest BCUT2D eigenvalue weighted by molar-refractivity contribution is 6.31. The molecule has 3 heterocycles. The van der Waals surface area contributed by atoms with Crippen LogP contribution in [0.2, 0.25) is 5.02 Å². The van der Waals surface area contributed by atoms with Crippen molar-refractivity contribution in [2.75, 3.05) is 6.54 Å². The van der Waals surface area contributed by atoms with Crippen LogP contribution in [0.4, 0.5) is 0 Å². The predicted molar refractivity (Wildman–Crippen MR) is 90.1 cm³/mol. The largest absolute Gasteiger partial charge is 0.343 e. The molecule has 5 heteroatoms. The molecule has 0 fully saturated rings. The molecule has 0 spiro atoms. The highest BCUT2D eigenvalue weighted by Crippen LogP contribution is 2.29. The van der Waals surface area contributed by atoms with Gasteiger partial charge in [0.25, 0.3) is 0 Å². The van der Waals surface area contributed by atoms with Crippen molar-refractivity contribution >= 4 is 22.6 Å². The molecular formula is C18H15ClN4. The van der Waals surface area contributed by atoms with Crippen LogP contribution in [0, 0.1) is 11.3 Å². The van der Waals surface area contributed by atoms with Crippen LogP contribution >= 0.6 is 11.6 Å². The van der Waals surface area contributed by atoms with Crippen molar-refractivity contribution < 1.29 is 0 Å². The molecule has 4 nitrogen and oxygen atoms in total. The number of hydrogen-bond acceptors (Lipinski definition) is 3. The molecule has 1 aliphatic rings. The van der Waals surface area contributed by atoms with Gasteiger partial charge in [-0.2, -0.15) is 5.26 Å². The van der Waals surface area contributed by atoms with E-state index in [-0.39, 0.29) is 0 Å². The van der Waals surface area contributed by atoms with Crippen LogP contribution in [0.25, 0.3) is 11.0 Å². The average molecular weight is 323 g/mol. The summed E-state index contributed by atoms with van der Waals surface area (Å²) >= 11 is 6.10. The third-order valence-corrected chi connectivity index (χ3v) is 4.54. The highest BCUT2D eigenvalue weighted by atomic mass is 35.5. The minimum Gasteiger partial charge on any atom is -0.343 e. The van der Waals surface area contributed by atoms with Crippen LogP contribution in [0.3, 0.4) is 0 Å². The third kappa shape index (κ3) is 2.70. The van der Waals surface area contributed by atoms with E-state index in [1.165, 1.54) is 16.8 Å². The second-order valence-electron chi connectivity index (χ2n) is 5.90. The van der Waals surface area contributed by atoms with E-state index in [2.05, 4.69) is 27.0 Å². The molecule has 0 bridgehead atoms. The maximum absolute atomic E-state index is 9.03. The lowest BCUT2D eigenvalue weighted by Crippen LogP contribution is -2.29. The molecule has 114 valence electrons. The van der Waals surface area contributed by atoms with Gasteiger partial charge in [-0.05, 0) is 29.3 Å². The number of rotatable bonds is 2. The minimum absolute atomic E-state index is 0.665. The molecule has 1 aromatic carbocycles. The van der Waals surface area contributed by atoms with Crippen molar-refractivity contribution in [2.24, 2.45) is 0 Å². The van der Waals surface area contributed by atoms with Gasteiger partial charge < -0.3 is 4.98 Å². The van der Waals surface area contributed by atoms with Crippen LogP contribution in [0.15, 0.2) is 36.5 Å². The van der Waals surface area contributed by atoms with Crippen molar-refractivity contribution in [2.45, 2.75) is 19.5 Å². The molecule has 0 atom stereocenters. The second-order valence-corrected chi connectivity index (χ2v) is 6.34. The summed E-state index contributed by atoms with van der Waals surface area (Å²) in [6, 6.07) is 12.0. The molecule has 2 aromatic heterocycles. The number of H-pyrrole nitrogens is 1. The molecule has 3 aromatic rings. The van der Waals surface area contributed by atoms with Gasteiger partial charge in [-0.3, -0.25) is 4.90 Å². The number of nitrogens with zero attached hydrogens (tertiary/aromatic N) is 3. The standard InChI is InChI=1S/C18H15ClN4/c19-14-7-15-16-11-23(5-4-17(16)22-18(15)21-9-14)10-13-3-1-2-12(6-13)8-20/h1-3,6-7,9H,4-5,10-11H2,(H,21,22). The van der Waals surface area contributed by atoms with Gasteiger partial charge in [-0.1, -0.05) is 23.7 Å². The van der Waals surface area contributed by atoms with Gasteiger partial charge >= 0.3 is 0 Å². The van der Waals surface area contributed by atoms with Crippen LogP contribution in [0.1, 0.15) is 22.4 Å². The van der Waals surface area contributed by atoms with Gasteiger partial charge in [0.2, 0.25) is 0 Å². The quantitative estimate of drug-likeness (QED) is 0.783. The lowest BCUT2D eigenvalue weighted by Gasteiger charge is -2.27. The number of aromatic nitrogens is 2. The van der Waals surface area contributed by atoms with E-state index >= 15 is 0 Å². The van der Waals surface area contributed by atoms with Gasteiger partial charge in [-0.25, -0.2) is 4.98 Å². The predicted octanol–water partition coefficient (Wildman–Crippen LogP) is 3.65. The molecule has 1 N–H and O–H groups in total. The third-order valence-electron chi connectivity index (χ3n) is 4.34. The Morgan fingerprint density at radius 3 is 3.13 bits per heavy atom. The molecule has 0 radical (unpaired) electrons. The number of benzene rings is 1. The summed E-state index contributed by atoms with van der Waals surface area (Å²) in [5.41, 5.74) is 5.34. The van der Waals surface area contributed by atoms with E-state index in [1.807, 2.05) is 24.3 Å². The first-order valence-electron chi connectivity index (χ1n) is 7.59. The van der Waals surface area contributed by atoms with E-state index in [1.54, 1.807) is 6.20 Å². The summed E-state index contributed by atoms with van der Waals surface area (Å²) < 4.78 is 0. The number of hydrogen-bond donors (Lipinski definition) is 1. The molecule has 4 rings (SSSR count). The minimum atomic E-state index is 0.665. The average Bonchev–Trinajstić information content (AvgIpc) is 2.92. The van der Waals surface area contributed by atoms with Crippen molar-refractivity contribution in [1.29, 1.82) is 5.26 Å². The van der Waals surface area contributed by atoms with E-state index in [9.17, 15) is 0 Å². The molecule has 1 aliphatic heterocycles. The van der Waals surface area contributed by atoms with E-state index in [0.717, 1.165) is 37.1 Å². The fraction of sp³-hybridized carbons (Fsp3) is 0.222. The maximum Gasteiger partial charge on any atom is 0.137 e. The number of halogens is 1. The zero-order valence-electron chi connectivity index (χ0n) is 12.5. The monoisotopic (exact) mass is 322 g/mol. The molecule has 0 saturated heterocycles. The zero-order chi connectivity index (χ0) is 15.8.